The van der Waals surface area contributed by atoms with Gasteiger partial charge in [-0.05, 0) is 11.5 Å². The minimum absolute atomic E-state index is 0. The average Bonchev–Trinajstić information content (AvgIpc) is 2.37. The Kier molecular flexibility index (Phi) is 6.46. The largest absolute Gasteiger partial charge is 1.00 e. The summed E-state index contributed by atoms with van der Waals surface area (Å²) in [4.78, 5) is 13.8. The van der Waals surface area contributed by atoms with Crippen LogP contribution in [-0.2, 0) is 11.3 Å². The van der Waals surface area contributed by atoms with Gasteiger partial charge >= 0.3 is 51.4 Å². The van der Waals surface area contributed by atoms with Gasteiger partial charge in [-0.1, -0.05) is 0 Å². The van der Waals surface area contributed by atoms with E-state index < -0.39 is 5.97 Å². The van der Waals surface area contributed by atoms with E-state index in [2.05, 4.69) is 14.1 Å². The number of carbonyl (C=O) groups is 1. The predicted octanol–water partition coefficient (Wildman–Crippen LogP) is -3.95. The first-order valence-electron chi connectivity index (χ1n) is 2.77. The summed E-state index contributed by atoms with van der Waals surface area (Å²) in [6.45, 7) is 0.226. The summed E-state index contributed by atoms with van der Waals surface area (Å²) in [5.41, 5.74) is 0. The number of rotatable bonds is 3. The predicted molar refractivity (Wildman–Crippen MR) is 35.0 cm³/mol. The molecule has 0 unspecified atom stereocenters. The molecule has 60 valence electrons. The average molecular weight is 212 g/mol. The first-order valence-corrected chi connectivity index (χ1v) is 3.54. The van der Waals surface area contributed by atoms with Crippen LogP contribution in [0.25, 0.3) is 0 Å². The Morgan fingerprint density at radius 3 is 2.83 bits per heavy atom. The van der Waals surface area contributed by atoms with E-state index in [0.29, 0.717) is 5.82 Å². The van der Waals surface area contributed by atoms with Crippen LogP contribution in [0.1, 0.15) is 15.6 Å². The Balaban J connectivity index is 0.00000121. The van der Waals surface area contributed by atoms with Crippen molar-refractivity contribution in [2.75, 3.05) is 7.11 Å². The number of hydrogen-bond acceptors (Lipinski definition) is 6. The van der Waals surface area contributed by atoms with E-state index in [1.807, 2.05) is 0 Å². The van der Waals surface area contributed by atoms with Gasteiger partial charge in [0.2, 0.25) is 0 Å². The molecule has 0 aromatic carbocycles. The number of carboxylic acids is 1. The van der Waals surface area contributed by atoms with Crippen LogP contribution in [0.5, 0.6) is 0 Å². The smallest absolute Gasteiger partial charge is 0.542 e. The molecule has 1 heterocycles. The van der Waals surface area contributed by atoms with Crippen molar-refractivity contribution in [2.24, 2.45) is 0 Å². The summed E-state index contributed by atoms with van der Waals surface area (Å²) in [6, 6.07) is 0. The maximum atomic E-state index is 10.2. The number of aromatic nitrogens is 2. The van der Waals surface area contributed by atoms with Crippen molar-refractivity contribution in [3.8, 4) is 0 Å². The van der Waals surface area contributed by atoms with E-state index >= 15 is 0 Å². The number of hydrogen-bond donors (Lipinski definition) is 0. The molecule has 1 aromatic rings. The quantitative estimate of drug-likeness (QED) is 0.478. The van der Waals surface area contributed by atoms with Crippen LogP contribution in [0, 0.1) is 0 Å². The third-order valence-electron chi connectivity index (χ3n) is 0.916. The summed E-state index contributed by atoms with van der Waals surface area (Å²) in [5.74, 6) is -0.929. The van der Waals surface area contributed by atoms with E-state index in [1.54, 1.807) is 0 Å². The van der Waals surface area contributed by atoms with Crippen molar-refractivity contribution in [3.63, 3.8) is 0 Å². The van der Waals surface area contributed by atoms with Crippen molar-refractivity contribution < 1.29 is 66.0 Å². The standard InChI is InChI=1S/C5H6N2O3S.K/c1-10-2-3-6-4(5(8)9)11-7-3;/h2H2,1H3,(H,8,9);/q;+1/p-1. The van der Waals surface area contributed by atoms with E-state index in [9.17, 15) is 9.90 Å². The van der Waals surface area contributed by atoms with Crippen LogP contribution in [0.2, 0.25) is 0 Å². The molecule has 0 spiro atoms. The third-order valence-corrected chi connectivity index (χ3v) is 1.65. The fourth-order valence-corrected chi connectivity index (χ4v) is 1.03. The van der Waals surface area contributed by atoms with Crippen LogP contribution in [0.15, 0.2) is 0 Å². The first kappa shape index (κ1) is 12.6. The Labute approximate surface area is 116 Å². The maximum absolute atomic E-state index is 10.2. The van der Waals surface area contributed by atoms with E-state index in [-0.39, 0.29) is 63.0 Å². The normalized spacial score (nSPS) is 9.08. The topological polar surface area (TPSA) is 75.1 Å². The number of nitrogens with zero attached hydrogens (tertiary/aromatic N) is 2. The number of carbonyl (C=O) groups excluding carboxylic acids is 1. The van der Waals surface area contributed by atoms with Gasteiger partial charge in [0.25, 0.3) is 0 Å². The van der Waals surface area contributed by atoms with Crippen LogP contribution >= 0.6 is 11.5 Å². The number of carboxylic acid groups (broad SMARTS) is 1. The Bertz CT molecular complexity index is 265. The molecule has 1 rings (SSSR count). The molecule has 1 aromatic heterocycles. The van der Waals surface area contributed by atoms with Gasteiger partial charge in [-0.25, -0.2) is 4.98 Å². The van der Waals surface area contributed by atoms with E-state index in [0.717, 1.165) is 11.5 Å². The number of aromatic carboxylic acids is 1. The van der Waals surface area contributed by atoms with Gasteiger partial charge in [0.1, 0.15) is 12.6 Å². The molecule has 12 heavy (non-hydrogen) atoms. The molecule has 0 bridgehead atoms. The Hall–Kier alpha value is 0.626. The van der Waals surface area contributed by atoms with Crippen molar-refractivity contribution in [1.82, 2.24) is 9.36 Å². The van der Waals surface area contributed by atoms with Crippen molar-refractivity contribution in [3.05, 3.63) is 10.8 Å². The first-order chi connectivity index (χ1) is 5.24. The molecule has 5 nitrogen and oxygen atoms in total. The molecule has 0 amide bonds. The molecule has 0 aliphatic rings. The summed E-state index contributed by atoms with van der Waals surface area (Å²) in [7, 11) is 1.49. The second-order valence-corrected chi connectivity index (χ2v) is 2.49. The van der Waals surface area contributed by atoms with Gasteiger partial charge in [-0.15, -0.1) is 0 Å². The monoisotopic (exact) mass is 212 g/mol. The van der Waals surface area contributed by atoms with Crippen molar-refractivity contribution in [2.45, 2.75) is 6.61 Å². The molecule has 0 radical (unpaired) electrons. The molecular formula is C5H5KN2O3S. The molecule has 0 atom stereocenters. The van der Waals surface area contributed by atoms with Crippen LogP contribution in [-0.4, -0.2) is 22.4 Å². The summed E-state index contributed by atoms with van der Waals surface area (Å²) >= 11 is 0.794. The Morgan fingerprint density at radius 2 is 2.42 bits per heavy atom. The maximum Gasteiger partial charge on any atom is 1.00 e. The van der Waals surface area contributed by atoms with E-state index in [1.165, 1.54) is 7.11 Å². The second kappa shape index (κ2) is 6.14. The third kappa shape index (κ3) is 3.56. The van der Waals surface area contributed by atoms with Crippen LogP contribution < -0.4 is 56.5 Å². The van der Waals surface area contributed by atoms with Gasteiger partial charge in [-0.3, -0.25) is 0 Å². The van der Waals surface area contributed by atoms with Gasteiger partial charge in [0, 0.05) is 7.11 Å². The summed E-state index contributed by atoms with van der Waals surface area (Å²) < 4.78 is 8.40. The van der Waals surface area contributed by atoms with Crippen molar-refractivity contribution >= 4 is 17.5 Å². The van der Waals surface area contributed by atoms with Crippen LogP contribution in [0.4, 0.5) is 0 Å². The summed E-state index contributed by atoms with van der Waals surface area (Å²) in [5, 5.41) is 10.1. The molecular weight excluding hydrogens is 207 g/mol. The SMILES string of the molecule is COCc1nsc(C(=O)[O-])n1.[K+]. The van der Waals surface area contributed by atoms with E-state index in [4.69, 9.17) is 0 Å². The molecule has 7 heteroatoms. The summed E-state index contributed by atoms with van der Waals surface area (Å²) in [6.07, 6.45) is 0. The molecule has 0 fully saturated rings. The van der Waals surface area contributed by atoms with Gasteiger partial charge in [-0.2, -0.15) is 4.37 Å². The van der Waals surface area contributed by atoms with Crippen LogP contribution in [0.3, 0.4) is 0 Å². The molecule has 0 aliphatic carbocycles. The fourth-order valence-electron chi connectivity index (χ4n) is 0.525. The fraction of sp³-hybridized carbons (Fsp3) is 0.400. The minimum atomic E-state index is -1.30. The number of methoxy groups -OCH3 is 1. The zero-order valence-electron chi connectivity index (χ0n) is 6.73. The second-order valence-electron chi connectivity index (χ2n) is 1.74. The zero-order chi connectivity index (χ0) is 8.27. The molecule has 0 N–H and O–H groups in total. The Morgan fingerprint density at radius 1 is 1.75 bits per heavy atom. The van der Waals surface area contributed by atoms with Gasteiger partial charge in [0.05, 0.1) is 0 Å². The molecule has 0 saturated carbocycles. The van der Waals surface area contributed by atoms with Gasteiger partial charge < -0.3 is 14.6 Å². The van der Waals surface area contributed by atoms with Gasteiger partial charge in [0.15, 0.2) is 10.8 Å². The zero-order valence-corrected chi connectivity index (χ0v) is 10.7. The van der Waals surface area contributed by atoms with Crippen molar-refractivity contribution in [1.29, 1.82) is 0 Å². The minimum Gasteiger partial charge on any atom is -0.542 e. The number of ether oxygens (including phenoxy) is 1. The molecule has 0 aliphatic heterocycles. The molecule has 0 saturated heterocycles.